The highest BCUT2D eigenvalue weighted by molar-refractivity contribution is 14.1. The summed E-state index contributed by atoms with van der Waals surface area (Å²) < 4.78 is 27.0. The number of aryl methyl sites for hydroxylation is 1. The summed E-state index contributed by atoms with van der Waals surface area (Å²) in [6.45, 7) is 3.58. The molecule has 0 fully saturated rings. The molecule has 1 atom stereocenters. The lowest BCUT2D eigenvalue weighted by Crippen LogP contribution is -2.51. The quantitative estimate of drug-likeness (QED) is 0.481. The Kier molecular flexibility index (Phi) is 8.87. The lowest BCUT2D eigenvalue weighted by atomic mass is 10.1. The molecule has 2 amide bonds. The van der Waals surface area contributed by atoms with Crippen molar-refractivity contribution in [2.45, 2.75) is 32.9 Å². The van der Waals surface area contributed by atoms with Gasteiger partial charge in [-0.05, 0) is 71.3 Å². The van der Waals surface area contributed by atoms with Crippen LogP contribution in [0.4, 0.5) is 5.69 Å². The highest BCUT2D eigenvalue weighted by Crippen LogP contribution is 2.21. The van der Waals surface area contributed by atoms with Crippen LogP contribution in [0.25, 0.3) is 0 Å². The van der Waals surface area contributed by atoms with Gasteiger partial charge in [-0.2, -0.15) is 0 Å². The lowest BCUT2D eigenvalue weighted by Gasteiger charge is -2.33. The normalized spacial score (nSPS) is 12.2. The fraction of sp³-hybridized carbons (Fsp3) is 0.364. The van der Waals surface area contributed by atoms with Crippen LogP contribution in [-0.4, -0.2) is 51.0 Å². The predicted molar refractivity (Wildman–Crippen MR) is 131 cm³/mol. The number of hydrogen-bond donors (Lipinski definition) is 1. The maximum absolute atomic E-state index is 13.4. The first-order valence-corrected chi connectivity index (χ1v) is 12.8. The molecule has 0 aromatic heterocycles. The first kappa shape index (κ1) is 25.1. The number of benzene rings is 2. The van der Waals surface area contributed by atoms with Gasteiger partial charge in [-0.1, -0.05) is 31.2 Å². The molecule has 1 N–H and O–H groups in total. The number of carbonyl (C=O) groups excluding carboxylic acids is 2. The van der Waals surface area contributed by atoms with Crippen molar-refractivity contribution in [2.24, 2.45) is 0 Å². The third kappa shape index (κ3) is 6.67. The van der Waals surface area contributed by atoms with Crippen molar-refractivity contribution in [2.75, 3.05) is 24.2 Å². The topological polar surface area (TPSA) is 86.8 Å². The van der Waals surface area contributed by atoms with E-state index in [1.54, 1.807) is 24.3 Å². The smallest absolute Gasteiger partial charge is 0.244 e. The molecule has 0 radical (unpaired) electrons. The van der Waals surface area contributed by atoms with Gasteiger partial charge in [0.1, 0.15) is 12.6 Å². The van der Waals surface area contributed by atoms with Gasteiger partial charge in [-0.25, -0.2) is 8.42 Å². The Hall–Kier alpha value is -2.14. The Labute approximate surface area is 198 Å². The van der Waals surface area contributed by atoms with Crippen LogP contribution in [0.5, 0.6) is 0 Å². The third-order valence-electron chi connectivity index (χ3n) is 5.03. The van der Waals surface area contributed by atoms with E-state index in [9.17, 15) is 18.0 Å². The summed E-state index contributed by atoms with van der Waals surface area (Å²) >= 11 is 2.13. The number of sulfonamides is 1. The average molecular weight is 557 g/mol. The van der Waals surface area contributed by atoms with Gasteiger partial charge in [0.2, 0.25) is 21.8 Å². The monoisotopic (exact) mass is 557 g/mol. The third-order valence-corrected chi connectivity index (χ3v) is 6.89. The van der Waals surface area contributed by atoms with Crippen LogP contribution in [0.15, 0.2) is 48.5 Å². The zero-order chi connectivity index (χ0) is 23.2. The minimum absolute atomic E-state index is 0.210. The molecule has 0 spiro atoms. The van der Waals surface area contributed by atoms with Crippen LogP contribution in [-0.2, 0) is 26.2 Å². The van der Waals surface area contributed by atoms with Gasteiger partial charge in [-0.15, -0.1) is 0 Å². The van der Waals surface area contributed by atoms with Gasteiger partial charge in [0.15, 0.2) is 0 Å². The van der Waals surface area contributed by atoms with Gasteiger partial charge < -0.3 is 10.2 Å². The molecule has 0 saturated heterocycles. The number of hydrogen-bond acceptors (Lipinski definition) is 4. The van der Waals surface area contributed by atoms with E-state index in [1.165, 1.54) is 11.9 Å². The Morgan fingerprint density at radius 3 is 2.23 bits per heavy atom. The van der Waals surface area contributed by atoms with Gasteiger partial charge in [0.25, 0.3) is 0 Å². The molecule has 0 unspecified atom stereocenters. The number of anilines is 1. The molecule has 0 aliphatic rings. The first-order valence-electron chi connectivity index (χ1n) is 9.87. The zero-order valence-electron chi connectivity index (χ0n) is 18.1. The fourth-order valence-electron chi connectivity index (χ4n) is 3.28. The van der Waals surface area contributed by atoms with E-state index in [0.717, 1.165) is 25.3 Å². The van der Waals surface area contributed by atoms with Crippen molar-refractivity contribution >= 4 is 50.1 Å². The molecule has 0 aliphatic heterocycles. The highest BCUT2D eigenvalue weighted by atomic mass is 127. The number of carbonyl (C=O) groups is 2. The van der Waals surface area contributed by atoms with Crippen molar-refractivity contribution in [1.29, 1.82) is 0 Å². The van der Waals surface area contributed by atoms with Gasteiger partial charge >= 0.3 is 0 Å². The second-order valence-corrected chi connectivity index (χ2v) is 10.4. The highest BCUT2D eigenvalue weighted by Gasteiger charge is 2.31. The minimum Gasteiger partial charge on any atom is -0.357 e. The zero-order valence-corrected chi connectivity index (χ0v) is 21.1. The maximum atomic E-state index is 13.4. The van der Waals surface area contributed by atoms with Crippen molar-refractivity contribution in [1.82, 2.24) is 10.2 Å². The molecule has 0 aliphatic carbocycles. The van der Waals surface area contributed by atoms with E-state index in [2.05, 4.69) is 27.9 Å². The number of nitrogens with one attached hydrogen (secondary N) is 1. The Morgan fingerprint density at radius 2 is 1.71 bits per heavy atom. The predicted octanol–water partition coefficient (Wildman–Crippen LogP) is 2.92. The Morgan fingerprint density at radius 1 is 1.10 bits per heavy atom. The van der Waals surface area contributed by atoms with Crippen molar-refractivity contribution in [3.63, 3.8) is 0 Å². The number of rotatable bonds is 9. The number of likely N-dealkylation sites (N-methyl/N-ethyl adjacent to an activating group) is 1. The summed E-state index contributed by atoms with van der Waals surface area (Å²) in [7, 11) is -2.19. The Bertz CT molecular complexity index is 1030. The fourth-order valence-corrected chi connectivity index (χ4v) is 4.49. The van der Waals surface area contributed by atoms with Crippen LogP contribution in [0.3, 0.4) is 0 Å². The molecule has 9 heteroatoms. The molecule has 7 nitrogen and oxygen atoms in total. The molecule has 31 heavy (non-hydrogen) atoms. The molecule has 0 heterocycles. The van der Waals surface area contributed by atoms with Gasteiger partial charge in [-0.3, -0.25) is 13.9 Å². The SMILES string of the molecule is CC[C@H](C(=O)NC)N(Cc1ccccc1C)C(=O)CN(c1ccc(I)cc1)S(C)(=O)=O. The van der Waals surface area contributed by atoms with Crippen molar-refractivity contribution < 1.29 is 18.0 Å². The van der Waals surface area contributed by atoms with Crippen molar-refractivity contribution in [3.05, 3.63) is 63.2 Å². The van der Waals surface area contributed by atoms with E-state index in [1.807, 2.05) is 38.1 Å². The molecule has 2 aromatic carbocycles. The van der Waals surface area contributed by atoms with Gasteiger partial charge in [0, 0.05) is 17.2 Å². The van der Waals surface area contributed by atoms with Crippen LogP contribution < -0.4 is 9.62 Å². The van der Waals surface area contributed by atoms with Crippen LogP contribution >= 0.6 is 22.6 Å². The molecule has 0 bridgehead atoms. The van der Waals surface area contributed by atoms with Crippen LogP contribution in [0, 0.1) is 10.5 Å². The molecule has 2 rings (SSSR count). The molecule has 168 valence electrons. The summed E-state index contributed by atoms with van der Waals surface area (Å²) in [5, 5.41) is 2.61. The number of amides is 2. The summed E-state index contributed by atoms with van der Waals surface area (Å²) in [4.78, 5) is 27.4. The van der Waals surface area contributed by atoms with Crippen molar-refractivity contribution in [3.8, 4) is 0 Å². The number of halogens is 1. The summed E-state index contributed by atoms with van der Waals surface area (Å²) in [6.07, 6.45) is 1.47. The summed E-state index contributed by atoms with van der Waals surface area (Å²) in [5.41, 5.74) is 2.29. The van der Waals surface area contributed by atoms with E-state index >= 15 is 0 Å². The summed E-state index contributed by atoms with van der Waals surface area (Å²) in [6, 6.07) is 13.8. The van der Waals surface area contributed by atoms with Crippen LogP contribution in [0.2, 0.25) is 0 Å². The second-order valence-electron chi connectivity index (χ2n) is 7.23. The first-order chi connectivity index (χ1) is 14.6. The molecular formula is C22H28IN3O4S. The molecule has 0 saturated carbocycles. The molecular weight excluding hydrogens is 529 g/mol. The van der Waals surface area contributed by atoms with E-state index < -0.39 is 28.5 Å². The summed E-state index contributed by atoms with van der Waals surface area (Å²) in [5.74, 6) is -0.729. The average Bonchev–Trinajstić information content (AvgIpc) is 2.72. The van der Waals surface area contributed by atoms with E-state index in [0.29, 0.717) is 12.1 Å². The second kappa shape index (κ2) is 10.9. The van der Waals surface area contributed by atoms with E-state index in [-0.39, 0.29) is 12.5 Å². The van der Waals surface area contributed by atoms with Gasteiger partial charge in [0.05, 0.1) is 11.9 Å². The lowest BCUT2D eigenvalue weighted by molar-refractivity contribution is -0.140. The minimum atomic E-state index is -3.72. The maximum Gasteiger partial charge on any atom is 0.244 e. The van der Waals surface area contributed by atoms with E-state index in [4.69, 9.17) is 0 Å². The molecule has 2 aromatic rings. The Balaban J connectivity index is 2.43. The van der Waals surface area contributed by atoms with Crippen LogP contribution in [0.1, 0.15) is 24.5 Å². The standard InChI is InChI=1S/C22H28IN3O4S/c1-5-20(22(28)24-3)25(14-17-9-7-6-8-16(17)2)21(27)15-26(31(4,29)30)19-12-10-18(23)11-13-19/h6-13,20H,5,14-15H2,1-4H3,(H,24,28)/t20-/m1/s1. The number of nitrogens with zero attached hydrogens (tertiary/aromatic N) is 2. The largest absolute Gasteiger partial charge is 0.357 e.